The van der Waals surface area contributed by atoms with Gasteiger partial charge in [-0.3, -0.25) is 0 Å². The molecule has 2 aliphatic rings. The molecule has 0 radical (unpaired) electrons. The normalized spacial score (nSPS) is 28.7. The van der Waals surface area contributed by atoms with Crippen molar-refractivity contribution in [1.82, 2.24) is 4.90 Å². The fraction of sp³-hybridized carbons (Fsp3) is 0.938. The van der Waals surface area contributed by atoms with E-state index in [1.54, 1.807) is 4.90 Å². The summed E-state index contributed by atoms with van der Waals surface area (Å²) in [5.41, 5.74) is -0.513. The van der Waals surface area contributed by atoms with Gasteiger partial charge in [-0.05, 0) is 33.1 Å². The van der Waals surface area contributed by atoms with E-state index in [0.717, 1.165) is 6.42 Å². The maximum absolute atomic E-state index is 13.7. The average Bonchev–Trinajstić information content (AvgIpc) is 2.69. The van der Waals surface area contributed by atoms with Crippen molar-refractivity contribution >= 4 is 6.09 Å². The van der Waals surface area contributed by atoms with E-state index in [2.05, 4.69) is 0 Å². The Morgan fingerprint density at radius 3 is 2.50 bits per heavy atom. The van der Waals surface area contributed by atoms with Gasteiger partial charge in [-0.15, -0.1) is 0 Å². The van der Waals surface area contributed by atoms with Crippen molar-refractivity contribution in [2.75, 3.05) is 6.54 Å². The van der Waals surface area contributed by atoms with Crippen LogP contribution in [0.1, 0.15) is 65.7 Å². The third kappa shape index (κ3) is 4.35. The maximum atomic E-state index is 13.7. The Bertz CT molecular complexity index is 334. The Kier molecular flexibility index (Phi) is 4.92. The van der Waals surface area contributed by atoms with E-state index < -0.39 is 11.8 Å². The lowest BCUT2D eigenvalue weighted by Crippen LogP contribution is -2.40. The van der Waals surface area contributed by atoms with Crippen LogP contribution in [0, 0.1) is 5.92 Å². The molecule has 1 amide bonds. The number of ether oxygens (including phenoxy) is 1. The van der Waals surface area contributed by atoms with Crippen LogP contribution in [0.3, 0.4) is 0 Å². The highest BCUT2D eigenvalue weighted by Gasteiger charge is 2.38. The number of hydrogen-bond donors (Lipinski definition) is 0. The number of halogens is 1. The van der Waals surface area contributed by atoms with Gasteiger partial charge in [0.05, 0.1) is 6.54 Å². The third-order valence-corrected chi connectivity index (χ3v) is 4.32. The van der Waals surface area contributed by atoms with Crippen LogP contribution in [-0.4, -0.2) is 35.4 Å². The molecule has 0 aromatic rings. The van der Waals surface area contributed by atoms with Crippen molar-refractivity contribution < 1.29 is 13.9 Å². The minimum absolute atomic E-state index is 0.0305. The van der Waals surface area contributed by atoms with Gasteiger partial charge in [-0.2, -0.15) is 0 Å². The zero-order valence-corrected chi connectivity index (χ0v) is 13.0. The Hall–Kier alpha value is -0.800. The molecule has 3 nitrogen and oxygen atoms in total. The molecule has 1 heterocycles. The van der Waals surface area contributed by atoms with Crippen LogP contribution in [0.4, 0.5) is 9.18 Å². The molecule has 2 fully saturated rings. The van der Waals surface area contributed by atoms with Crippen LogP contribution in [-0.2, 0) is 4.74 Å². The van der Waals surface area contributed by atoms with Gasteiger partial charge in [0.25, 0.3) is 0 Å². The first-order valence-corrected chi connectivity index (χ1v) is 7.99. The Labute approximate surface area is 121 Å². The fourth-order valence-electron chi connectivity index (χ4n) is 3.43. The fourth-order valence-corrected chi connectivity index (χ4v) is 3.43. The Balaban J connectivity index is 1.93. The first-order chi connectivity index (χ1) is 9.35. The van der Waals surface area contributed by atoms with Crippen LogP contribution in [0.5, 0.6) is 0 Å². The van der Waals surface area contributed by atoms with Gasteiger partial charge in [0.1, 0.15) is 11.8 Å². The van der Waals surface area contributed by atoms with Gasteiger partial charge >= 0.3 is 6.09 Å². The first-order valence-electron chi connectivity index (χ1n) is 7.99. The molecule has 0 spiro atoms. The molecular weight excluding hydrogens is 257 g/mol. The van der Waals surface area contributed by atoms with Crippen molar-refractivity contribution in [1.29, 1.82) is 0 Å². The van der Waals surface area contributed by atoms with Crippen LogP contribution < -0.4 is 0 Å². The van der Waals surface area contributed by atoms with Gasteiger partial charge < -0.3 is 9.64 Å². The smallest absolute Gasteiger partial charge is 0.410 e. The van der Waals surface area contributed by atoms with Crippen molar-refractivity contribution in [2.24, 2.45) is 5.92 Å². The van der Waals surface area contributed by atoms with Gasteiger partial charge in [0.2, 0.25) is 0 Å². The molecule has 1 saturated carbocycles. The van der Waals surface area contributed by atoms with E-state index in [1.165, 1.54) is 32.1 Å². The summed E-state index contributed by atoms with van der Waals surface area (Å²) < 4.78 is 19.1. The number of carbonyl (C=O) groups excluding carboxylic acids is 1. The molecule has 1 saturated heterocycles. The van der Waals surface area contributed by atoms with E-state index in [4.69, 9.17) is 4.74 Å². The summed E-state index contributed by atoms with van der Waals surface area (Å²) in [4.78, 5) is 13.8. The molecule has 0 unspecified atom stereocenters. The molecule has 4 heteroatoms. The van der Waals surface area contributed by atoms with Gasteiger partial charge in [-0.1, -0.05) is 32.1 Å². The predicted molar refractivity (Wildman–Crippen MR) is 77.4 cm³/mol. The van der Waals surface area contributed by atoms with Crippen LogP contribution in [0.2, 0.25) is 0 Å². The molecule has 116 valence electrons. The largest absolute Gasteiger partial charge is 0.444 e. The van der Waals surface area contributed by atoms with E-state index >= 15 is 0 Å². The number of hydrogen-bond acceptors (Lipinski definition) is 2. The molecule has 0 aromatic carbocycles. The van der Waals surface area contributed by atoms with Gasteiger partial charge in [0, 0.05) is 12.5 Å². The molecule has 1 aliphatic carbocycles. The first kappa shape index (κ1) is 15.6. The van der Waals surface area contributed by atoms with Crippen molar-refractivity contribution in [3.8, 4) is 0 Å². The monoisotopic (exact) mass is 285 g/mol. The topological polar surface area (TPSA) is 29.5 Å². The predicted octanol–water partition coefficient (Wildman–Crippen LogP) is 4.30. The minimum Gasteiger partial charge on any atom is -0.444 e. The summed E-state index contributed by atoms with van der Waals surface area (Å²) in [7, 11) is 0. The zero-order chi connectivity index (χ0) is 14.8. The molecule has 1 aliphatic heterocycles. The van der Waals surface area contributed by atoms with E-state index in [9.17, 15) is 9.18 Å². The highest BCUT2D eigenvalue weighted by molar-refractivity contribution is 5.69. The number of amides is 1. The molecule has 0 bridgehead atoms. The second-order valence-corrected chi connectivity index (χ2v) is 7.36. The van der Waals surface area contributed by atoms with E-state index in [-0.39, 0.29) is 18.7 Å². The van der Waals surface area contributed by atoms with Crippen molar-refractivity contribution in [2.45, 2.75) is 83.5 Å². The van der Waals surface area contributed by atoms with Gasteiger partial charge in [0.15, 0.2) is 0 Å². The molecule has 0 N–H and O–H groups in total. The minimum atomic E-state index is -0.892. The van der Waals surface area contributed by atoms with Crippen LogP contribution in [0.25, 0.3) is 0 Å². The molecule has 2 atom stereocenters. The summed E-state index contributed by atoms with van der Waals surface area (Å²) in [6.07, 6.45) is 6.53. The maximum Gasteiger partial charge on any atom is 0.410 e. The summed E-state index contributed by atoms with van der Waals surface area (Å²) >= 11 is 0. The second-order valence-electron chi connectivity index (χ2n) is 7.36. The van der Waals surface area contributed by atoms with Crippen molar-refractivity contribution in [3.05, 3.63) is 0 Å². The standard InChI is InChI=1S/C16H28FNO2/c1-16(2,3)20-15(19)18-11-13(17)10-14(18)9-12-7-5-4-6-8-12/h12-14H,4-11H2,1-3H3/t13-,14-/m0/s1. The van der Waals surface area contributed by atoms with Crippen molar-refractivity contribution in [3.63, 3.8) is 0 Å². The summed E-state index contributed by atoms with van der Waals surface area (Å²) in [5, 5.41) is 0. The van der Waals surface area contributed by atoms with Crippen LogP contribution >= 0.6 is 0 Å². The third-order valence-electron chi connectivity index (χ3n) is 4.32. The summed E-state index contributed by atoms with van der Waals surface area (Å²) in [5.74, 6) is 0.656. The van der Waals surface area contributed by atoms with Gasteiger partial charge in [-0.25, -0.2) is 9.18 Å². The second kappa shape index (κ2) is 6.31. The lowest BCUT2D eigenvalue weighted by Gasteiger charge is -2.31. The lowest BCUT2D eigenvalue weighted by molar-refractivity contribution is 0.0196. The average molecular weight is 285 g/mol. The quantitative estimate of drug-likeness (QED) is 0.757. The van der Waals surface area contributed by atoms with E-state index in [1.807, 2.05) is 20.8 Å². The number of nitrogens with zero attached hydrogens (tertiary/aromatic N) is 1. The molecular formula is C16H28FNO2. The summed E-state index contributed by atoms with van der Waals surface area (Å²) in [6.45, 7) is 5.75. The molecule has 2 rings (SSSR count). The highest BCUT2D eigenvalue weighted by atomic mass is 19.1. The Morgan fingerprint density at radius 2 is 1.90 bits per heavy atom. The number of rotatable bonds is 2. The number of carbonyl (C=O) groups is 1. The summed E-state index contributed by atoms with van der Waals surface area (Å²) in [6, 6.07) is 0.0305. The molecule has 20 heavy (non-hydrogen) atoms. The lowest BCUT2D eigenvalue weighted by atomic mass is 9.84. The zero-order valence-electron chi connectivity index (χ0n) is 13.0. The number of alkyl halides is 1. The molecule has 0 aromatic heterocycles. The SMILES string of the molecule is CC(C)(C)OC(=O)N1C[C@@H](F)C[C@@H]1CC1CCCCC1. The van der Waals surface area contributed by atoms with E-state index in [0.29, 0.717) is 12.3 Å². The number of likely N-dealkylation sites (tertiary alicyclic amines) is 1. The Morgan fingerprint density at radius 1 is 1.25 bits per heavy atom. The van der Waals surface area contributed by atoms with Crippen LogP contribution in [0.15, 0.2) is 0 Å². The highest BCUT2D eigenvalue weighted by Crippen LogP contribution is 2.33.